The Morgan fingerprint density at radius 1 is 0.917 bits per heavy atom. The second-order valence-electron chi connectivity index (χ2n) is 10.1. The zero-order chi connectivity index (χ0) is 24.6. The third kappa shape index (κ3) is 4.03. The van der Waals surface area contributed by atoms with Gasteiger partial charge in [0.15, 0.2) is 11.5 Å². The van der Waals surface area contributed by atoms with Gasteiger partial charge < -0.3 is 14.5 Å². The van der Waals surface area contributed by atoms with Gasteiger partial charge in [-0.1, -0.05) is 18.2 Å². The molecule has 1 aromatic heterocycles. The summed E-state index contributed by atoms with van der Waals surface area (Å²) < 4.78 is 6.43. The van der Waals surface area contributed by atoms with Gasteiger partial charge in [-0.15, -0.1) is 0 Å². The number of benzene rings is 2. The van der Waals surface area contributed by atoms with Gasteiger partial charge >= 0.3 is 0 Å². The molecule has 0 aliphatic carbocycles. The molecule has 6 rings (SSSR count). The lowest BCUT2D eigenvalue weighted by molar-refractivity contribution is 0.118. The Morgan fingerprint density at radius 3 is 2.36 bits per heavy atom. The number of pyridine rings is 1. The van der Waals surface area contributed by atoms with Crippen LogP contribution in [0.25, 0.3) is 0 Å². The van der Waals surface area contributed by atoms with Crippen LogP contribution in [0, 0.1) is 5.41 Å². The quantitative estimate of drug-likeness (QED) is 0.336. The van der Waals surface area contributed by atoms with E-state index in [9.17, 15) is 0 Å². The highest BCUT2D eigenvalue weighted by Gasteiger charge is 2.44. The van der Waals surface area contributed by atoms with E-state index in [1.807, 2.05) is 18.3 Å². The van der Waals surface area contributed by atoms with Crippen molar-refractivity contribution >= 4 is 17.2 Å². The molecule has 2 unspecified atom stereocenters. The number of amidine groups is 1. The van der Waals surface area contributed by atoms with Crippen molar-refractivity contribution in [3.8, 4) is 11.5 Å². The maximum Gasteiger partial charge on any atom is 0.151 e. The SMILES string of the molecule is CCN(CC)C(=N)c1ccc2c(c1)Oc1ccccc1N2C1CC2CCC(C1)N2Cc1ccccn1. The summed E-state index contributed by atoms with van der Waals surface area (Å²) in [6.45, 7) is 6.78. The molecule has 2 aromatic carbocycles. The monoisotopic (exact) mass is 481 g/mol. The zero-order valence-electron chi connectivity index (χ0n) is 21.2. The number of nitrogens with one attached hydrogen (secondary N) is 1. The first kappa shape index (κ1) is 23.0. The van der Waals surface area contributed by atoms with E-state index < -0.39 is 0 Å². The Hall–Kier alpha value is -3.38. The van der Waals surface area contributed by atoms with E-state index in [4.69, 9.17) is 10.1 Å². The van der Waals surface area contributed by atoms with Crippen LogP contribution in [-0.4, -0.2) is 51.8 Å². The summed E-state index contributed by atoms with van der Waals surface area (Å²) in [5.41, 5.74) is 4.34. The first-order chi connectivity index (χ1) is 17.7. The summed E-state index contributed by atoms with van der Waals surface area (Å²) in [7, 11) is 0. The van der Waals surface area contributed by atoms with Gasteiger partial charge in [-0.05, 0) is 82.0 Å². The fourth-order valence-corrected chi connectivity index (χ4v) is 6.44. The van der Waals surface area contributed by atoms with Crippen molar-refractivity contribution in [3.63, 3.8) is 0 Å². The highest BCUT2D eigenvalue weighted by atomic mass is 16.5. The molecule has 1 N–H and O–H groups in total. The number of nitrogens with zero attached hydrogens (tertiary/aromatic N) is 4. The number of fused-ring (bicyclic) bond motifs is 4. The molecule has 3 aliphatic heterocycles. The summed E-state index contributed by atoms with van der Waals surface area (Å²) >= 11 is 0. The predicted octanol–water partition coefficient (Wildman–Crippen LogP) is 6.19. The average Bonchev–Trinajstić information content (AvgIpc) is 3.14. The van der Waals surface area contributed by atoms with Crippen LogP contribution in [0.5, 0.6) is 11.5 Å². The lowest BCUT2D eigenvalue weighted by Crippen LogP contribution is -2.49. The summed E-state index contributed by atoms with van der Waals surface area (Å²) in [6.07, 6.45) is 6.68. The van der Waals surface area contributed by atoms with Crippen LogP contribution < -0.4 is 9.64 Å². The third-order valence-electron chi connectivity index (χ3n) is 8.21. The molecule has 3 aliphatic rings. The van der Waals surface area contributed by atoms with Crippen molar-refractivity contribution in [3.05, 3.63) is 78.1 Å². The van der Waals surface area contributed by atoms with Gasteiger partial charge in [-0.3, -0.25) is 15.3 Å². The summed E-state index contributed by atoms with van der Waals surface area (Å²) in [6, 6.07) is 22.5. The van der Waals surface area contributed by atoms with Gasteiger partial charge in [0.2, 0.25) is 0 Å². The van der Waals surface area contributed by atoms with E-state index in [2.05, 4.69) is 82.1 Å². The Kier molecular flexibility index (Phi) is 6.13. The largest absolute Gasteiger partial charge is 0.453 e. The highest BCUT2D eigenvalue weighted by Crippen LogP contribution is 2.51. The molecule has 3 aromatic rings. The first-order valence-corrected chi connectivity index (χ1v) is 13.4. The number of piperidine rings is 1. The molecule has 0 amide bonds. The summed E-state index contributed by atoms with van der Waals surface area (Å²) in [5, 5.41) is 8.72. The number of ether oxygens (including phenoxy) is 1. The third-order valence-corrected chi connectivity index (χ3v) is 8.21. The minimum absolute atomic E-state index is 0.416. The van der Waals surface area contributed by atoms with Crippen molar-refractivity contribution in [2.75, 3.05) is 18.0 Å². The van der Waals surface area contributed by atoms with E-state index in [0.717, 1.165) is 66.6 Å². The molecule has 0 spiro atoms. The van der Waals surface area contributed by atoms with Gasteiger partial charge in [-0.25, -0.2) is 0 Å². The number of anilines is 2. The van der Waals surface area contributed by atoms with Crippen LogP contribution in [0.1, 0.15) is 50.8 Å². The molecule has 2 bridgehead atoms. The maximum absolute atomic E-state index is 8.72. The lowest BCUT2D eigenvalue weighted by atomic mass is 9.93. The summed E-state index contributed by atoms with van der Waals surface area (Å²) in [5.74, 6) is 2.31. The average molecular weight is 482 g/mol. The summed E-state index contributed by atoms with van der Waals surface area (Å²) in [4.78, 5) is 11.9. The van der Waals surface area contributed by atoms with E-state index in [0.29, 0.717) is 24.0 Å². The Labute approximate surface area is 214 Å². The van der Waals surface area contributed by atoms with Crippen molar-refractivity contribution in [1.82, 2.24) is 14.8 Å². The van der Waals surface area contributed by atoms with Crippen LogP contribution in [0.2, 0.25) is 0 Å². The molecule has 2 fully saturated rings. The van der Waals surface area contributed by atoms with E-state index >= 15 is 0 Å². The normalized spacial score (nSPS) is 22.5. The van der Waals surface area contributed by atoms with E-state index in [-0.39, 0.29) is 0 Å². The molecule has 0 saturated carbocycles. The van der Waals surface area contributed by atoms with Crippen molar-refractivity contribution in [1.29, 1.82) is 5.41 Å². The standard InChI is InChI=1S/C30H35N5O/c1-3-33(4-2)30(31)21-12-15-27-29(17-21)36-28-11-6-5-10-26(28)35(27)25-18-23-13-14-24(19-25)34(23)20-22-9-7-8-16-32-22/h5-12,15-17,23-25,31H,3-4,13-14,18-20H2,1-2H3. The van der Waals surface area contributed by atoms with Crippen LogP contribution in [0.4, 0.5) is 11.4 Å². The minimum Gasteiger partial charge on any atom is -0.453 e. The fourth-order valence-electron chi connectivity index (χ4n) is 6.44. The van der Waals surface area contributed by atoms with Gasteiger partial charge in [0, 0.05) is 49.5 Å². The van der Waals surface area contributed by atoms with Crippen molar-refractivity contribution < 1.29 is 4.74 Å². The Bertz CT molecular complexity index is 1230. The molecular weight excluding hydrogens is 446 g/mol. The van der Waals surface area contributed by atoms with Crippen LogP contribution >= 0.6 is 0 Å². The van der Waals surface area contributed by atoms with Crippen molar-refractivity contribution in [2.45, 2.75) is 64.2 Å². The lowest BCUT2D eigenvalue weighted by Gasteiger charge is -2.46. The number of aromatic nitrogens is 1. The maximum atomic E-state index is 8.72. The van der Waals surface area contributed by atoms with E-state index in [1.54, 1.807) is 0 Å². The molecule has 2 atom stereocenters. The van der Waals surface area contributed by atoms with Gasteiger partial charge in [0.05, 0.1) is 17.1 Å². The topological polar surface area (TPSA) is 55.7 Å². The number of hydrogen-bond acceptors (Lipinski definition) is 5. The van der Waals surface area contributed by atoms with Gasteiger partial charge in [0.25, 0.3) is 0 Å². The second kappa shape index (κ2) is 9.58. The number of rotatable bonds is 6. The van der Waals surface area contributed by atoms with Crippen LogP contribution in [0.3, 0.4) is 0 Å². The van der Waals surface area contributed by atoms with Gasteiger partial charge in [-0.2, -0.15) is 0 Å². The smallest absolute Gasteiger partial charge is 0.151 e. The molecule has 186 valence electrons. The van der Waals surface area contributed by atoms with E-state index in [1.165, 1.54) is 12.8 Å². The van der Waals surface area contributed by atoms with Crippen LogP contribution in [0.15, 0.2) is 66.9 Å². The van der Waals surface area contributed by atoms with Crippen LogP contribution in [-0.2, 0) is 6.54 Å². The van der Waals surface area contributed by atoms with Crippen molar-refractivity contribution in [2.24, 2.45) is 0 Å². The first-order valence-electron chi connectivity index (χ1n) is 13.4. The molecule has 2 saturated heterocycles. The molecular formula is C30H35N5O. The molecule has 36 heavy (non-hydrogen) atoms. The zero-order valence-corrected chi connectivity index (χ0v) is 21.2. The molecule has 6 nitrogen and oxygen atoms in total. The fraction of sp³-hybridized carbons (Fsp3) is 0.400. The Balaban J connectivity index is 1.31. The highest BCUT2D eigenvalue weighted by molar-refractivity contribution is 5.98. The predicted molar refractivity (Wildman–Crippen MR) is 144 cm³/mol. The Morgan fingerprint density at radius 2 is 1.64 bits per heavy atom. The second-order valence-corrected chi connectivity index (χ2v) is 10.1. The van der Waals surface area contributed by atoms with Gasteiger partial charge in [0.1, 0.15) is 5.84 Å². The number of para-hydroxylation sites is 2. The molecule has 6 heteroatoms. The molecule has 4 heterocycles. The molecule has 0 radical (unpaired) electrons. The number of hydrogen-bond donors (Lipinski definition) is 1. The minimum atomic E-state index is 0.416.